The summed E-state index contributed by atoms with van der Waals surface area (Å²) < 4.78 is 0. The van der Waals surface area contributed by atoms with Crippen molar-refractivity contribution in [3.05, 3.63) is 70.8 Å². The third-order valence-corrected chi connectivity index (χ3v) is 5.04. The minimum Gasteiger partial charge on any atom is -0.267 e. The molecule has 0 fully saturated rings. The number of carbonyl (C=O) groups is 2. The first-order chi connectivity index (χ1) is 13.0. The first-order valence-corrected chi connectivity index (χ1v) is 9.75. The quantitative estimate of drug-likeness (QED) is 0.696. The molecule has 0 aliphatic rings. The zero-order valence-corrected chi connectivity index (χ0v) is 16.8. The maximum absolute atomic E-state index is 13.1. The fourth-order valence-electron chi connectivity index (χ4n) is 3.15. The smallest absolute Gasteiger partial charge is 0.267 e. The van der Waals surface area contributed by atoms with Crippen molar-refractivity contribution in [1.29, 1.82) is 0 Å². The number of benzene rings is 2. The highest BCUT2D eigenvalue weighted by Crippen LogP contribution is 2.17. The zero-order chi connectivity index (χ0) is 19.8. The number of rotatable bonds is 7. The van der Waals surface area contributed by atoms with Gasteiger partial charge in [0, 0.05) is 11.1 Å². The molecule has 1 unspecified atom stereocenters. The van der Waals surface area contributed by atoms with Gasteiger partial charge in [0.25, 0.3) is 11.8 Å². The zero-order valence-electron chi connectivity index (χ0n) is 16.8. The van der Waals surface area contributed by atoms with Crippen molar-refractivity contribution in [2.24, 2.45) is 0 Å². The van der Waals surface area contributed by atoms with E-state index in [1.165, 1.54) is 5.01 Å². The molecular weight excluding hydrogens is 336 g/mol. The van der Waals surface area contributed by atoms with E-state index >= 15 is 0 Å². The Morgan fingerprint density at radius 1 is 1.00 bits per heavy atom. The van der Waals surface area contributed by atoms with Crippen LogP contribution in [0.15, 0.2) is 48.5 Å². The van der Waals surface area contributed by atoms with Crippen molar-refractivity contribution >= 4 is 11.8 Å². The van der Waals surface area contributed by atoms with Crippen LogP contribution in [0.4, 0.5) is 0 Å². The maximum atomic E-state index is 13.1. The molecule has 4 heteroatoms. The summed E-state index contributed by atoms with van der Waals surface area (Å²) in [5.74, 6) is -0.410. The summed E-state index contributed by atoms with van der Waals surface area (Å²) >= 11 is 0. The van der Waals surface area contributed by atoms with Crippen molar-refractivity contribution in [2.45, 2.75) is 59.4 Å². The SMILES string of the molecule is CCCCC(CC)N(NC(=O)c1cccc(C)c1C)C(=O)c1ccccc1. The molecule has 2 amide bonds. The number of nitrogens with zero attached hydrogens (tertiary/aromatic N) is 1. The molecule has 0 saturated heterocycles. The Bertz CT molecular complexity index is 771. The fraction of sp³-hybridized carbons (Fsp3) is 0.391. The van der Waals surface area contributed by atoms with Gasteiger partial charge in [-0.15, -0.1) is 0 Å². The molecule has 1 N–H and O–H groups in total. The average Bonchev–Trinajstić information content (AvgIpc) is 2.69. The van der Waals surface area contributed by atoms with E-state index < -0.39 is 0 Å². The summed E-state index contributed by atoms with van der Waals surface area (Å²) in [6, 6.07) is 14.7. The van der Waals surface area contributed by atoms with Gasteiger partial charge in [0.1, 0.15) is 0 Å². The van der Waals surface area contributed by atoms with Crippen LogP contribution in [-0.2, 0) is 0 Å². The van der Waals surface area contributed by atoms with E-state index in [9.17, 15) is 9.59 Å². The van der Waals surface area contributed by atoms with Gasteiger partial charge in [-0.2, -0.15) is 0 Å². The van der Waals surface area contributed by atoms with E-state index in [1.54, 1.807) is 18.2 Å². The minimum atomic E-state index is -0.240. The Labute approximate surface area is 162 Å². The van der Waals surface area contributed by atoms with Gasteiger partial charge in [0.15, 0.2) is 0 Å². The standard InChI is InChI=1S/C23H30N2O2/c1-5-7-15-20(6-2)25(23(27)19-13-9-8-10-14-19)24-22(26)21-16-11-12-17(3)18(21)4/h8-14,16,20H,5-7,15H2,1-4H3,(H,24,26). The van der Waals surface area contributed by atoms with Crippen LogP contribution in [0.25, 0.3) is 0 Å². The molecule has 144 valence electrons. The second-order valence-electron chi connectivity index (χ2n) is 6.93. The number of carbonyl (C=O) groups excluding carboxylic acids is 2. The van der Waals surface area contributed by atoms with Crippen LogP contribution in [0, 0.1) is 13.8 Å². The predicted molar refractivity (Wildman–Crippen MR) is 110 cm³/mol. The summed E-state index contributed by atoms with van der Waals surface area (Å²) in [6.07, 6.45) is 3.70. The Kier molecular flexibility index (Phi) is 7.59. The Hall–Kier alpha value is -2.62. The molecule has 4 nitrogen and oxygen atoms in total. The molecule has 1 atom stereocenters. The topological polar surface area (TPSA) is 49.4 Å². The van der Waals surface area contributed by atoms with Crippen LogP contribution >= 0.6 is 0 Å². The number of aryl methyl sites for hydroxylation is 1. The second-order valence-corrected chi connectivity index (χ2v) is 6.93. The lowest BCUT2D eigenvalue weighted by Crippen LogP contribution is -2.52. The monoisotopic (exact) mass is 366 g/mol. The molecule has 0 aliphatic carbocycles. The number of unbranched alkanes of at least 4 members (excludes halogenated alkanes) is 1. The summed E-state index contributed by atoms with van der Waals surface area (Å²) in [5.41, 5.74) is 6.08. The molecule has 0 heterocycles. The number of nitrogens with one attached hydrogen (secondary N) is 1. The van der Waals surface area contributed by atoms with E-state index in [1.807, 2.05) is 44.2 Å². The van der Waals surface area contributed by atoms with E-state index in [2.05, 4.69) is 19.3 Å². The van der Waals surface area contributed by atoms with Gasteiger partial charge >= 0.3 is 0 Å². The van der Waals surface area contributed by atoms with Gasteiger partial charge < -0.3 is 0 Å². The summed E-state index contributed by atoms with van der Waals surface area (Å²) in [6.45, 7) is 8.09. The van der Waals surface area contributed by atoms with Crippen LogP contribution in [0.5, 0.6) is 0 Å². The van der Waals surface area contributed by atoms with Gasteiger partial charge in [0.2, 0.25) is 0 Å². The van der Waals surface area contributed by atoms with E-state index in [0.717, 1.165) is 36.8 Å². The molecular formula is C23H30N2O2. The molecule has 0 radical (unpaired) electrons. The second kappa shape index (κ2) is 9.91. The van der Waals surface area contributed by atoms with Gasteiger partial charge in [-0.25, -0.2) is 5.01 Å². The molecule has 0 aliphatic heterocycles. The lowest BCUT2D eigenvalue weighted by atomic mass is 10.0. The van der Waals surface area contributed by atoms with Crippen molar-refractivity contribution < 1.29 is 9.59 Å². The molecule has 27 heavy (non-hydrogen) atoms. The Morgan fingerprint density at radius 3 is 2.33 bits per heavy atom. The lowest BCUT2D eigenvalue weighted by molar-refractivity contribution is 0.0459. The van der Waals surface area contributed by atoms with Crippen molar-refractivity contribution in [3.8, 4) is 0 Å². The van der Waals surface area contributed by atoms with Gasteiger partial charge in [-0.3, -0.25) is 15.0 Å². The lowest BCUT2D eigenvalue weighted by Gasteiger charge is -2.31. The highest BCUT2D eigenvalue weighted by atomic mass is 16.2. The van der Waals surface area contributed by atoms with Gasteiger partial charge in [-0.05, 0) is 56.0 Å². The van der Waals surface area contributed by atoms with Crippen LogP contribution in [0.2, 0.25) is 0 Å². The third-order valence-electron chi connectivity index (χ3n) is 5.04. The van der Waals surface area contributed by atoms with Crippen LogP contribution in [0.1, 0.15) is 71.4 Å². The minimum absolute atomic E-state index is 0.0354. The Balaban J connectivity index is 2.32. The molecule has 2 rings (SSSR count). The first-order valence-electron chi connectivity index (χ1n) is 9.75. The molecule has 0 saturated carbocycles. The molecule has 0 aromatic heterocycles. The van der Waals surface area contributed by atoms with Crippen molar-refractivity contribution in [3.63, 3.8) is 0 Å². The maximum Gasteiger partial charge on any atom is 0.272 e. The van der Waals surface area contributed by atoms with Crippen LogP contribution < -0.4 is 5.43 Å². The molecule has 2 aromatic rings. The Morgan fingerprint density at radius 2 is 1.70 bits per heavy atom. The molecule has 0 bridgehead atoms. The van der Waals surface area contributed by atoms with Crippen LogP contribution in [0.3, 0.4) is 0 Å². The van der Waals surface area contributed by atoms with Gasteiger partial charge in [-0.1, -0.05) is 57.0 Å². The van der Waals surface area contributed by atoms with Crippen molar-refractivity contribution in [1.82, 2.24) is 10.4 Å². The summed E-state index contributed by atoms with van der Waals surface area (Å²) in [4.78, 5) is 26.1. The van der Waals surface area contributed by atoms with Gasteiger partial charge in [0.05, 0.1) is 6.04 Å². The van der Waals surface area contributed by atoms with E-state index in [-0.39, 0.29) is 17.9 Å². The highest BCUT2D eigenvalue weighted by Gasteiger charge is 2.26. The molecule has 0 spiro atoms. The predicted octanol–water partition coefficient (Wildman–Crippen LogP) is 5.06. The first kappa shape index (κ1) is 20.7. The van der Waals surface area contributed by atoms with Crippen LogP contribution in [-0.4, -0.2) is 22.9 Å². The van der Waals surface area contributed by atoms with Crippen molar-refractivity contribution in [2.75, 3.05) is 0 Å². The number of amides is 2. The summed E-state index contributed by atoms with van der Waals surface area (Å²) in [5, 5.41) is 1.54. The molecule has 2 aromatic carbocycles. The fourth-order valence-corrected chi connectivity index (χ4v) is 3.15. The normalized spacial score (nSPS) is 11.7. The number of hydrazine groups is 1. The average molecular weight is 367 g/mol. The largest absolute Gasteiger partial charge is 0.272 e. The van der Waals surface area contributed by atoms with E-state index in [4.69, 9.17) is 0 Å². The highest BCUT2D eigenvalue weighted by molar-refractivity contribution is 6.00. The third kappa shape index (κ3) is 5.19. The van der Waals surface area contributed by atoms with E-state index in [0.29, 0.717) is 11.1 Å². The number of hydrogen-bond donors (Lipinski definition) is 1. The number of hydrogen-bond acceptors (Lipinski definition) is 2. The summed E-state index contributed by atoms with van der Waals surface area (Å²) in [7, 11) is 0.